The molecule has 5 heteroatoms. The van der Waals surface area contributed by atoms with Crippen molar-refractivity contribution in [1.29, 1.82) is 0 Å². The molecule has 0 unspecified atom stereocenters. The van der Waals surface area contributed by atoms with Crippen molar-refractivity contribution in [1.82, 2.24) is 5.32 Å². The molecule has 0 saturated heterocycles. The lowest BCUT2D eigenvalue weighted by atomic mass is 9.94. The first kappa shape index (κ1) is 18.4. The van der Waals surface area contributed by atoms with E-state index in [2.05, 4.69) is 5.32 Å². The van der Waals surface area contributed by atoms with Crippen LogP contribution in [0.2, 0.25) is 0 Å². The van der Waals surface area contributed by atoms with Crippen LogP contribution in [-0.4, -0.2) is 25.3 Å². The summed E-state index contributed by atoms with van der Waals surface area (Å²) < 4.78 is 4.88. The molecule has 2 aromatic carbocycles. The van der Waals surface area contributed by atoms with Crippen molar-refractivity contribution < 1.29 is 19.1 Å². The summed E-state index contributed by atoms with van der Waals surface area (Å²) in [4.78, 5) is 35.2. The first-order valence-electron chi connectivity index (χ1n) is 8.01. The number of benzene rings is 2. The summed E-state index contributed by atoms with van der Waals surface area (Å²) in [5.41, 5.74) is 2.91. The molecule has 0 aromatic heterocycles. The number of aldehydes is 1. The average Bonchev–Trinajstić information content (AvgIpc) is 2.65. The van der Waals surface area contributed by atoms with Gasteiger partial charge < -0.3 is 10.1 Å². The first-order valence-corrected chi connectivity index (χ1v) is 8.01. The molecule has 0 bridgehead atoms. The van der Waals surface area contributed by atoms with E-state index in [0.717, 1.165) is 11.8 Å². The molecule has 0 aliphatic heterocycles. The number of esters is 1. The molecule has 0 aliphatic carbocycles. The van der Waals surface area contributed by atoms with Crippen LogP contribution in [-0.2, 0) is 16.1 Å². The Morgan fingerprint density at radius 1 is 1.12 bits per heavy atom. The van der Waals surface area contributed by atoms with Gasteiger partial charge in [0, 0.05) is 18.0 Å². The maximum absolute atomic E-state index is 12.2. The zero-order valence-corrected chi connectivity index (χ0v) is 14.5. The molecule has 0 heterocycles. The summed E-state index contributed by atoms with van der Waals surface area (Å²) >= 11 is 0. The molecule has 0 atom stereocenters. The number of hydrogen-bond donors (Lipinski definition) is 1. The summed E-state index contributed by atoms with van der Waals surface area (Å²) in [5, 5.41) is 2.82. The van der Waals surface area contributed by atoms with Crippen molar-refractivity contribution in [2.45, 2.75) is 20.4 Å². The number of methoxy groups -OCH3 is 1. The van der Waals surface area contributed by atoms with Gasteiger partial charge in [-0.25, -0.2) is 4.79 Å². The summed E-state index contributed by atoms with van der Waals surface area (Å²) in [7, 11) is 1.31. The van der Waals surface area contributed by atoms with Crippen LogP contribution >= 0.6 is 0 Å². The van der Waals surface area contributed by atoms with Gasteiger partial charge >= 0.3 is 5.97 Å². The zero-order chi connectivity index (χ0) is 18.4. The molecule has 0 radical (unpaired) electrons. The Balaban J connectivity index is 2.43. The molecule has 0 fully saturated rings. The maximum atomic E-state index is 12.2. The van der Waals surface area contributed by atoms with E-state index in [1.54, 1.807) is 36.4 Å². The third-order valence-electron chi connectivity index (χ3n) is 3.86. The minimum Gasteiger partial charge on any atom is -0.465 e. The van der Waals surface area contributed by atoms with E-state index >= 15 is 0 Å². The molecule has 1 N–H and O–H groups in total. The van der Waals surface area contributed by atoms with E-state index in [1.807, 2.05) is 19.9 Å². The highest BCUT2D eigenvalue weighted by molar-refractivity contribution is 6.00. The Hall–Kier alpha value is -2.95. The van der Waals surface area contributed by atoms with Gasteiger partial charge in [-0.3, -0.25) is 9.59 Å². The third kappa shape index (κ3) is 4.32. The summed E-state index contributed by atoms with van der Waals surface area (Å²) in [6.07, 6.45) is 0.757. The van der Waals surface area contributed by atoms with Crippen LogP contribution in [0, 0.1) is 5.92 Å². The summed E-state index contributed by atoms with van der Waals surface area (Å²) in [6, 6.07) is 12.3. The molecule has 5 nitrogen and oxygen atoms in total. The summed E-state index contributed by atoms with van der Waals surface area (Å²) in [5.74, 6) is -0.665. The van der Waals surface area contributed by atoms with E-state index in [1.165, 1.54) is 7.11 Å². The molecule has 25 heavy (non-hydrogen) atoms. The normalized spacial score (nSPS) is 10.4. The van der Waals surface area contributed by atoms with Gasteiger partial charge in [0.15, 0.2) is 6.29 Å². The van der Waals surface area contributed by atoms with Crippen LogP contribution in [0.15, 0.2) is 42.5 Å². The van der Waals surface area contributed by atoms with Crippen LogP contribution in [0.4, 0.5) is 0 Å². The fraction of sp³-hybridized carbons (Fsp3) is 0.250. The topological polar surface area (TPSA) is 72.5 Å². The highest BCUT2D eigenvalue weighted by atomic mass is 16.5. The lowest BCUT2D eigenvalue weighted by Crippen LogP contribution is -2.27. The minimum absolute atomic E-state index is 0.0602. The standard InChI is InChI=1S/C20H21NO4/c1-13(2)19(23)21-11-14-8-9-17(18(10-14)20(24)25-3)16-7-5-4-6-15(16)12-22/h4-10,12-13H,11H2,1-3H3,(H,21,23). The third-order valence-corrected chi connectivity index (χ3v) is 3.86. The van der Waals surface area contributed by atoms with E-state index in [-0.39, 0.29) is 11.8 Å². The largest absolute Gasteiger partial charge is 0.465 e. The Bertz CT molecular complexity index is 796. The second-order valence-electron chi connectivity index (χ2n) is 5.95. The first-order chi connectivity index (χ1) is 12.0. The van der Waals surface area contributed by atoms with Crippen molar-refractivity contribution in [2.75, 3.05) is 7.11 Å². The fourth-order valence-electron chi connectivity index (χ4n) is 2.45. The van der Waals surface area contributed by atoms with E-state index < -0.39 is 5.97 Å². The van der Waals surface area contributed by atoms with Crippen LogP contribution in [0.5, 0.6) is 0 Å². The van der Waals surface area contributed by atoms with Crippen molar-refractivity contribution in [3.05, 3.63) is 59.2 Å². The van der Waals surface area contributed by atoms with Gasteiger partial charge in [-0.15, -0.1) is 0 Å². The Kier molecular flexibility index (Phi) is 6.06. The number of carbonyl (C=O) groups is 3. The lowest BCUT2D eigenvalue weighted by Gasteiger charge is -2.13. The molecule has 130 valence electrons. The Morgan fingerprint density at radius 3 is 2.48 bits per heavy atom. The monoisotopic (exact) mass is 339 g/mol. The van der Waals surface area contributed by atoms with Crippen LogP contribution in [0.1, 0.15) is 40.1 Å². The van der Waals surface area contributed by atoms with Crippen LogP contribution < -0.4 is 5.32 Å². The van der Waals surface area contributed by atoms with Gasteiger partial charge in [0.2, 0.25) is 5.91 Å². The van der Waals surface area contributed by atoms with E-state index in [4.69, 9.17) is 4.74 Å². The lowest BCUT2D eigenvalue weighted by molar-refractivity contribution is -0.124. The van der Waals surface area contributed by atoms with Gasteiger partial charge in [-0.05, 0) is 22.8 Å². The molecular weight excluding hydrogens is 318 g/mol. The van der Waals surface area contributed by atoms with E-state index in [0.29, 0.717) is 28.8 Å². The number of hydrogen-bond acceptors (Lipinski definition) is 4. The maximum Gasteiger partial charge on any atom is 0.338 e. The van der Waals surface area contributed by atoms with Gasteiger partial charge in [-0.1, -0.05) is 50.2 Å². The molecule has 0 spiro atoms. The predicted molar refractivity (Wildman–Crippen MR) is 95.3 cm³/mol. The molecule has 0 aliphatic rings. The molecule has 0 saturated carbocycles. The fourth-order valence-corrected chi connectivity index (χ4v) is 2.45. The van der Waals surface area contributed by atoms with Crippen molar-refractivity contribution in [3.63, 3.8) is 0 Å². The molecule has 2 aromatic rings. The highest BCUT2D eigenvalue weighted by Crippen LogP contribution is 2.28. The number of amides is 1. The van der Waals surface area contributed by atoms with E-state index in [9.17, 15) is 14.4 Å². The van der Waals surface area contributed by atoms with Crippen molar-refractivity contribution in [2.24, 2.45) is 5.92 Å². The summed E-state index contributed by atoms with van der Waals surface area (Å²) in [6.45, 7) is 3.94. The number of rotatable bonds is 6. The second-order valence-corrected chi connectivity index (χ2v) is 5.95. The predicted octanol–water partition coefficient (Wildman–Crippen LogP) is 3.22. The molecular formula is C20H21NO4. The number of nitrogens with one attached hydrogen (secondary N) is 1. The molecule has 1 amide bonds. The SMILES string of the molecule is COC(=O)c1cc(CNC(=O)C(C)C)ccc1-c1ccccc1C=O. The van der Waals surface area contributed by atoms with Crippen molar-refractivity contribution >= 4 is 18.2 Å². The van der Waals surface area contributed by atoms with Gasteiger partial charge in [0.25, 0.3) is 0 Å². The second kappa shape index (κ2) is 8.24. The minimum atomic E-state index is -0.493. The van der Waals surface area contributed by atoms with Crippen LogP contribution in [0.3, 0.4) is 0 Å². The van der Waals surface area contributed by atoms with Crippen molar-refractivity contribution in [3.8, 4) is 11.1 Å². The Morgan fingerprint density at radius 2 is 1.84 bits per heavy atom. The highest BCUT2D eigenvalue weighted by Gasteiger charge is 2.17. The zero-order valence-electron chi connectivity index (χ0n) is 14.5. The van der Waals surface area contributed by atoms with Gasteiger partial charge in [-0.2, -0.15) is 0 Å². The number of carbonyl (C=O) groups excluding carboxylic acids is 3. The molecule has 2 rings (SSSR count). The smallest absolute Gasteiger partial charge is 0.338 e. The average molecular weight is 339 g/mol. The van der Waals surface area contributed by atoms with Gasteiger partial charge in [0.05, 0.1) is 12.7 Å². The number of ether oxygens (including phenoxy) is 1. The van der Waals surface area contributed by atoms with Crippen LogP contribution in [0.25, 0.3) is 11.1 Å². The Labute approximate surface area is 147 Å². The van der Waals surface area contributed by atoms with Gasteiger partial charge in [0.1, 0.15) is 0 Å². The quantitative estimate of drug-likeness (QED) is 0.648.